The molecular formula is C20H40O4. The Labute approximate surface area is 149 Å². The molecule has 0 bridgehead atoms. The Kier molecular flexibility index (Phi) is 16.8. The van der Waals surface area contributed by atoms with Crippen molar-refractivity contribution in [2.45, 2.75) is 116 Å². The SMILES string of the molecule is CCCCCCCCCCCCCCC[C@H](O)[C@H](O)C(=O)OCC. The predicted octanol–water partition coefficient (Wildman–Crippen LogP) is 4.75. The second-order valence-electron chi connectivity index (χ2n) is 6.80. The lowest BCUT2D eigenvalue weighted by atomic mass is 10.0. The van der Waals surface area contributed by atoms with Crippen molar-refractivity contribution in [1.82, 2.24) is 0 Å². The molecule has 0 unspecified atom stereocenters. The van der Waals surface area contributed by atoms with Gasteiger partial charge in [0.25, 0.3) is 0 Å². The minimum absolute atomic E-state index is 0.224. The molecule has 0 aliphatic heterocycles. The van der Waals surface area contributed by atoms with Gasteiger partial charge in [0.1, 0.15) is 0 Å². The number of carbonyl (C=O) groups is 1. The standard InChI is InChI=1S/C20H40O4/c1-3-5-6-7-8-9-10-11-12-13-14-15-16-17-18(21)19(22)20(23)24-4-2/h18-19,21-22H,3-17H2,1-2H3/t18-,19-/m0/s1. The lowest BCUT2D eigenvalue weighted by molar-refractivity contribution is -0.159. The van der Waals surface area contributed by atoms with Crippen LogP contribution < -0.4 is 0 Å². The topological polar surface area (TPSA) is 66.8 Å². The smallest absolute Gasteiger partial charge is 0.337 e. The van der Waals surface area contributed by atoms with Crippen LogP contribution in [-0.4, -0.2) is 35.0 Å². The average Bonchev–Trinajstić information content (AvgIpc) is 2.58. The molecule has 2 atom stereocenters. The Hall–Kier alpha value is -0.610. The number of unbranched alkanes of at least 4 members (excludes halogenated alkanes) is 12. The monoisotopic (exact) mass is 344 g/mol. The molecule has 0 heterocycles. The highest BCUT2D eigenvalue weighted by atomic mass is 16.5. The molecule has 2 N–H and O–H groups in total. The Morgan fingerprint density at radius 1 is 0.750 bits per heavy atom. The quantitative estimate of drug-likeness (QED) is 0.295. The number of esters is 1. The van der Waals surface area contributed by atoms with Crippen molar-refractivity contribution < 1.29 is 19.7 Å². The van der Waals surface area contributed by atoms with Gasteiger partial charge in [-0.3, -0.25) is 0 Å². The molecule has 0 saturated carbocycles. The number of carbonyl (C=O) groups excluding carboxylic acids is 1. The van der Waals surface area contributed by atoms with Gasteiger partial charge in [0.05, 0.1) is 12.7 Å². The van der Waals surface area contributed by atoms with Crippen molar-refractivity contribution in [3.8, 4) is 0 Å². The molecule has 0 aliphatic rings. The molecule has 0 aromatic carbocycles. The first-order valence-corrected chi connectivity index (χ1v) is 10.2. The summed E-state index contributed by atoms with van der Waals surface area (Å²) in [7, 11) is 0. The van der Waals surface area contributed by atoms with Crippen molar-refractivity contribution in [3.05, 3.63) is 0 Å². The van der Waals surface area contributed by atoms with Crippen molar-refractivity contribution >= 4 is 5.97 Å². The molecule has 0 radical (unpaired) electrons. The van der Waals surface area contributed by atoms with Crippen LogP contribution in [0.25, 0.3) is 0 Å². The third-order valence-corrected chi connectivity index (χ3v) is 4.50. The van der Waals surface area contributed by atoms with E-state index in [1.54, 1.807) is 6.92 Å². The van der Waals surface area contributed by atoms with Crippen molar-refractivity contribution in [1.29, 1.82) is 0 Å². The van der Waals surface area contributed by atoms with Crippen LogP contribution in [0, 0.1) is 0 Å². The fourth-order valence-electron chi connectivity index (χ4n) is 2.91. The molecule has 4 nitrogen and oxygen atoms in total. The maximum absolute atomic E-state index is 11.3. The number of rotatable bonds is 17. The second kappa shape index (κ2) is 17.2. The molecular weight excluding hydrogens is 304 g/mol. The molecule has 0 rings (SSSR count). The molecule has 0 aliphatic carbocycles. The van der Waals surface area contributed by atoms with E-state index in [4.69, 9.17) is 4.74 Å². The van der Waals surface area contributed by atoms with Gasteiger partial charge in [-0.2, -0.15) is 0 Å². The molecule has 0 fully saturated rings. The normalized spacial score (nSPS) is 13.7. The largest absolute Gasteiger partial charge is 0.464 e. The summed E-state index contributed by atoms with van der Waals surface area (Å²) in [5.74, 6) is -0.723. The van der Waals surface area contributed by atoms with Gasteiger partial charge in [-0.1, -0.05) is 90.4 Å². The second-order valence-corrected chi connectivity index (χ2v) is 6.80. The van der Waals surface area contributed by atoms with Gasteiger partial charge in [-0.05, 0) is 13.3 Å². The van der Waals surface area contributed by atoms with E-state index >= 15 is 0 Å². The minimum atomic E-state index is -1.40. The molecule has 0 saturated heterocycles. The summed E-state index contributed by atoms with van der Waals surface area (Å²) < 4.78 is 4.69. The van der Waals surface area contributed by atoms with Gasteiger partial charge < -0.3 is 14.9 Å². The number of hydrogen-bond acceptors (Lipinski definition) is 4. The summed E-state index contributed by atoms with van der Waals surface area (Å²) in [6.07, 6.45) is 14.6. The van der Waals surface area contributed by atoms with E-state index in [1.807, 2.05) is 0 Å². The van der Waals surface area contributed by atoms with E-state index in [1.165, 1.54) is 70.6 Å². The average molecular weight is 345 g/mol. The number of ether oxygens (including phenoxy) is 1. The fraction of sp³-hybridized carbons (Fsp3) is 0.950. The first-order chi connectivity index (χ1) is 11.6. The molecule has 0 aromatic heterocycles. The van der Waals surface area contributed by atoms with Gasteiger partial charge in [0.2, 0.25) is 0 Å². The van der Waals surface area contributed by atoms with Crippen LogP contribution in [0.3, 0.4) is 0 Å². The Bertz CT molecular complexity index is 281. The predicted molar refractivity (Wildman–Crippen MR) is 99.0 cm³/mol. The van der Waals surface area contributed by atoms with Crippen LogP contribution in [0.5, 0.6) is 0 Å². The highest BCUT2D eigenvalue weighted by molar-refractivity contribution is 5.75. The number of aliphatic hydroxyl groups is 2. The summed E-state index contributed by atoms with van der Waals surface area (Å²) in [5, 5.41) is 19.3. The third kappa shape index (κ3) is 13.8. The molecule has 24 heavy (non-hydrogen) atoms. The fourth-order valence-corrected chi connectivity index (χ4v) is 2.91. The Morgan fingerprint density at radius 3 is 1.58 bits per heavy atom. The van der Waals surface area contributed by atoms with Crippen LogP contribution in [-0.2, 0) is 9.53 Å². The van der Waals surface area contributed by atoms with E-state index in [2.05, 4.69) is 6.92 Å². The number of aliphatic hydroxyl groups excluding tert-OH is 2. The molecule has 144 valence electrons. The van der Waals surface area contributed by atoms with Crippen LogP contribution >= 0.6 is 0 Å². The zero-order chi connectivity index (χ0) is 18.0. The van der Waals surface area contributed by atoms with Crippen LogP contribution in [0.1, 0.15) is 104 Å². The first-order valence-electron chi connectivity index (χ1n) is 10.2. The minimum Gasteiger partial charge on any atom is -0.464 e. The van der Waals surface area contributed by atoms with E-state index in [0.717, 1.165) is 12.8 Å². The van der Waals surface area contributed by atoms with Crippen molar-refractivity contribution in [3.63, 3.8) is 0 Å². The highest BCUT2D eigenvalue weighted by Gasteiger charge is 2.24. The molecule has 0 aromatic rings. The van der Waals surface area contributed by atoms with Gasteiger partial charge in [-0.25, -0.2) is 4.79 Å². The third-order valence-electron chi connectivity index (χ3n) is 4.50. The first kappa shape index (κ1) is 23.4. The van der Waals surface area contributed by atoms with Gasteiger partial charge >= 0.3 is 5.97 Å². The maximum Gasteiger partial charge on any atom is 0.337 e. The van der Waals surface area contributed by atoms with E-state index in [9.17, 15) is 15.0 Å². The van der Waals surface area contributed by atoms with Crippen molar-refractivity contribution in [2.75, 3.05) is 6.61 Å². The van der Waals surface area contributed by atoms with Gasteiger partial charge in [0.15, 0.2) is 6.10 Å². The summed E-state index contributed by atoms with van der Waals surface area (Å²) in [5.41, 5.74) is 0. The van der Waals surface area contributed by atoms with Gasteiger partial charge in [0, 0.05) is 0 Å². The summed E-state index contributed by atoms with van der Waals surface area (Å²) in [6, 6.07) is 0. The zero-order valence-electron chi connectivity index (χ0n) is 16.0. The Balaban J connectivity index is 3.31. The van der Waals surface area contributed by atoms with Crippen molar-refractivity contribution in [2.24, 2.45) is 0 Å². The molecule has 0 amide bonds. The van der Waals surface area contributed by atoms with E-state index in [-0.39, 0.29) is 6.61 Å². The lowest BCUT2D eigenvalue weighted by Gasteiger charge is -2.16. The molecule has 4 heteroatoms. The lowest BCUT2D eigenvalue weighted by Crippen LogP contribution is -2.35. The van der Waals surface area contributed by atoms with Gasteiger partial charge in [-0.15, -0.1) is 0 Å². The summed E-state index contributed by atoms with van der Waals surface area (Å²) in [6.45, 7) is 4.16. The maximum atomic E-state index is 11.3. The van der Waals surface area contributed by atoms with Crippen LogP contribution in [0.2, 0.25) is 0 Å². The highest BCUT2D eigenvalue weighted by Crippen LogP contribution is 2.14. The number of hydrogen-bond donors (Lipinski definition) is 2. The summed E-state index contributed by atoms with van der Waals surface area (Å²) >= 11 is 0. The van der Waals surface area contributed by atoms with Crippen LogP contribution in [0.15, 0.2) is 0 Å². The Morgan fingerprint density at radius 2 is 1.17 bits per heavy atom. The zero-order valence-corrected chi connectivity index (χ0v) is 16.0. The van der Waals surface area contributed by atoms with Crippen LogP contribution in [0.4, 0.5) is 0 Å². The summed E-state index contributed by atoms with van der Waals surface area (Å²) in [4.78, 5) is 11.3. The molecule has 0 spiro atoms. The van der Waals surface area contributed by atoms with E-state index < -0.39 is 18.2 Å². The van der Waals surface area contributed by atoms with E-state index in [0.29, 0.717) is 6.42 Å².